The van der Waals surface area contributed by atoms with Crippen molar-refractivity contribution in [1.82, 2.24) is 0 Å². The molecule has 0 fully saturated rings. The van der Waals surface area contributed by atoms with Crippen molar-refractivity contribution in [1.29, 1.82) is 5.26 Å². The summed E-state index contributed by atoms with van der Waals surface area (Å²) in [7, 11) is 0. The highest BCUT2D eigenvalue weighted by molar-refractivity contribution is 5.92. The molecule has 0 amide bonds. The maximum Gasteiger partial charge on any atom is 0.422 e. The van der Waals surface area contributed by atoms with Crippen molar-refractivity contribution in [2.45, 2.75) is 25.9 Å². The summed E-state index contributed by atoms with van der Waals surface area (Å²) in [5, 5.41) is 9.50. The Bertz CT molecular complexity index is 838. The summed E-state index contributed by atoms with van der Waals surface area (Å²) in [6, 6.07) is 7.67. The van der Waals surface area contributed by atoms with E-state index in [1.807, 2.05) is 6.07 Å². The molecule has 0 aromatic heterocycles. The molecule has 0 saturated carbocycles. The van der Waals surface area contributed by atoms with Crippen LogP contribution in [0.5, 0.6) is 5.75 Å². The Morgan fingerprint density at radius 2 is 2.04 bits per heavy atom. The Hall–Kier alpha value is -3.15. The third-order valence-electron chi connectivity index (χ3n) is 3.72. The van der Waals surface area contributed by atoms with Gasteiger partial charge in [-0.05, 0) is 19.9 Å². The number of nitriles is 1. The van der Waals surface area contributed by atoms with E-state index in [0.717, 1.165) is 0 Å². The fourth-order valence-electron chi connectivity index (χ4n) is 2.68. The monoisotopic (exact) mass is 382 g/mol. The molecular weight excluding hydrogens is 365 g/mol. The highest BCUT2D eigenvalue weighted by Crippen LogP contribution is 2.43. The van der Waals surface area contributed by atoms with E-state index >= 15 is 0 Å². The van der Waals surface area contributed by atoms with Gasteiger partial charge in [0.25, 0.3) is 0 Å². The predicted molar refractivity (Wildman–Crippen MR) is 88.0 cm³/mol. The first-order valence-electron chi connectivity index (χ1n) is 7.93. The molecule has 1 aromatic rings. The van der Waals surface area contributed by atoms with Gasteiger partial charge in [-0.1, -0.05) is 18.2 Å². The van der Waals surface area contributed by atoms with Gasteiger partial charge >= 0.3 is 12.1 Å². The maximum absolute atomic E-state index is 12.6. The van der Waals surface area contributed by atoms with Gasteiger partial charge in [-0.3, -0.25) is 0 Å². The Balaban J connectivity index is 2.59. The minimum absolute atomic E-state index is 0.0225. The van der Waals surface area contributed by atoms with Crippen LogP contribution in [0, 0.1) is 11.3 Å². The smallest absolute Gasteiger partial charge is 0.422 e. The maximum atomic E-state index is 12.6. The second-order valence-corrected chi connectivity index (χ2v) is 5.56. The summed E-state index contributed by atoms with van der Waals surface area (Å²) in [5.41, 5.74) is 5.80. The van der Waals surface area contributed by atoms with Crippen molar-refractivity contribution in [2.75, 3.05) is 13.2 Å². The molecule has 6 nitrogen and oxygen atoms in total. The minimum atomic E-state index is -4.55. The fraction of sp³-hybridized carbons (Fsp3) is 0.333. The number of hydrogen-bond acceptors (Lipinski definition) is 6. The Morgan fingerprint density at radius 3 is 2.63 bits per heavy atom. The molecule has 0 saturated heterocycles. The normalized spacial score (nSPS) is 17.3. The zero-order valence-corrected chi connectivity index (χ0v) is 14.6. The average Bonchev–Trinajstić information content (AvgIpc) is 2.59. The van der Waals surface area contributed by atoms with Crippen molar-refractivity contribution >= 4 is 5.97 Å². The zero-order chi connectivity index (χ0) is 20.2. The SMILES string of the molecule is CCOC(=O)C1=C(C)OC(N)=C(C#N)C1c1ccccc1OCC(F)(F)F. The molecule has 1 aliphatic rings. The van der Waals surface area contributed by atoms with Crippen LogP contribution in [-0.4, -0.2) is 25.4 Å². The summed E-state index contributed by atoms with van der Waals surface area (Å²) >= 11 is 0. The number of halogens is 3. The van der Waals surface area contributed by atoms with Crippen LogP contribution in [0.15, 0.2) is 47.1 Å². The number of rotatable bonds is 5. The second kappa shape index (κ2) is 8.03. The second-order valence-electron chi connectivity index (χ2n) is 5.56. The van der Waals surface area contributed by atoms with Crippen LogP contribution >= 0.6 is 0 Å². The van der Waals surface area contributed by atoms with E-state index in [2.05, 4.69) is 0 Å². The summed E-state index contributed by atoms with van der Waals surface area (Å²) < 4.78 is 52.9. The van der Waals surface area contributed by atoms with Crippen LogP contribution in [0.3, 0.4) is 0 Å². The molecule has 0 bridgehead atoms. The van der Waals surface area contributed by atoms with Gasteiger partial charge in [0.1, 0.15) is 23.2 Å². The summed E-state index contributed by atoms with van der Waals surface area (Å²) in [4.78, 5) is 12.4. The van der Waals surface area contributed by atoms with E-state index in [1.54, 1.807) is 13.0 Å². The van der Waals surface area contributed by atoms with Crippen LogP contribution in [0.2, 0.25) is 0 Å². The van der Waals surface area contributed by atoms with E-state index in [1.165, 1.54) is 25.1 Å². The van der Waals surface area contributed by atoms with E-state index < -0.39 is 24.7 Å². The molecule has 1 heterocycles. The number of allylic oxidation sites excluding steroid dienone is 2. The van der Waals surface area contributed by atoms with Gasteiger partial charge in [-0.15, -0.1) is 0 Å². The first kappa shape index (κ1) is 20.2. The van der Waals surface area contributed by atoms with Gasteiger partial charge in [0.2, 0.25) is 5.88 Å². The van der Waals surface area contributed by atoms with E-state index in [4.69, 9.17) is 19.9 Å². The lowest BCUT2D eigenvalue weighted by atomic mass is 9.82. The lowest BCUT2D eigenvalue weighted by molar-refractivity contribution is -0.153. The number of carbonyl (C=O) groups is 1. The summed E-state index contributed by atoms with van der Waals surface area (Å²) in [6.45, 7) is 1.60. The van der Waals surface area contributed by atoms with Gasteiger partial charge in [0, 0.05) is 5.56 Å². The molecule has 144 valence electrons. The average molecular weight is 382 g/mol. The van der Waals surface area contributed by atoms with Crippen LogP contribution in [0.1, 0.15) is 25.3 Å². The number of para-hydroxylation sites is 1. The number of nitrogens with two attached hydrogens (primary N) is 1. The van der Waals surface area contributed by atoms with Crippen LogP contribution in [-0.2, 0) is 14.3 Å². The Labute approximate surface area is 153 Å². The lowest BCUT2D eigenvalue weighted by Gasteiger charge is -2.28. The van der Waals surface area contributed by atoms with Crippen molar-refractivity contribution in [3.05, 3.63) is 52.6 Å². The molecule has 1 aromatic carbocycles. The third kappa shape index (κ3) is 4.53. The lowest BCUT2D eigenvalue weighted by Crippen LogP contribution is -2.26. The van der Waals surface area contributed by atoms with Crippen molar-refractivity contribution in [2.24, 2.45) is 5.73 Å². The highest BCUT2D eigenvalue weighted by Gasteiger charge is 2.38. The molecule has 1 unspecified atom stereocenters. The molecular formula is C18H17F3N2O4. The van der Waals surface area contributed by atoms with Crippen molar-refractivity contribution in [3.63, 3.8) is 0 Å². The summed E-state index contributed by atoms with van der Waals surface area (Å²) in [6.07, 6.45) is -4.55. The van der Waals surface area contributed by atoms with E-state index in [9.17, 15) is 23.2 Å². The fourth-order valence-corrected chi connectivity index (χ4v) is 2.68. The van der Waals surface area contributed by atoms with E-state index in [0.29, 0.717) is 0 Å². The summed E-state index contributed by atoms with van der Waals surface area (Å²) in [5.74, 6) is -2.10. The van der Waals surface area contributed by atoms with E-state index in [-0.39, 0.29) is 40.7 Å². The van der Waals surface area contributed by atoms with Crippen molar-refractivity contribution < 1.29 is 32.2 Å². The molecule has 2 rings (SSSR count). The molecule has 1 aliphatic heterocycles. The number of ether oxygens (including phenoxy) is 3. The third-order valence-corrected chi connectivity index (χ3v) is 3.72. The molecule has 9 heteroatoms. The molecule has 0 aliphatic carbocycles. The van der Waals surface area contributed by atoms with Crippen LogP contribution in [0.4, 0.5) is 13.2 Å². The topological polar surface area (TPSA) is 94.6 Å². The zero-order valence-electron chi connectivity index (χ0n) is 14.6. The molecule has 0 spiro atoms. The van der Waals surface area contributed by atoms with Gasteiger partial charge < -0.3 is 19.9 Å². The van der Waals surface area contributed by atoms with Gasteiger partial charge in [0.15, 0.2) is 6.61 Å². The Morgan fingerprint density at radius 1 is 1.37 bits per heavy atom. The number of esters is 1. The van der Waals surface area contributed by atoms with Crippen LogP contribution in [0.25, 0.3) is 0 Å². The van der Waals surface area contributed by atoms with Gasteiger partial charge in [-0.25, -0.2) is 4.79 Å². The number of hydrogen-bond donors (Lipinski definition) is 1. The first-order valence-corrected chi connectivity index (χ1v) is 7.93. The quantitative estimate of drug-likeness (QED) is 0.786. The largest absolute Gasteiger partial charge is 0.484 e. The molecule has 27 heavy (non-hydrogen) atoms. The number of alkyl halides is 3. The van der Waals surface area contributed by atoms with Gasteiger partial charge in [0.05, 0.1) is 18.1 Å². The molecule has 2 N–H and O–H groups in total. The van der Waals surface area contributed by atoms with Crippen molar-refractivity contribution in [3.8, 4) is 11.8 Å². The van der Waals surface area contributed by atoms with Crippen LogP contribution < -0.4 is 10.5 Å². The number of benzene rings is 1. The number of nitrogens with zero attached hydrogens (tertiary/aromatic N) is 1. The number of carbonyl (C=O) groups excluding carboxylic acids is 1. The predicted octanol–water partition coefficient (Wildman–Crippen LogP) is 3.27. The molecule has 1 atom stereocenters. The Kier molecular flexibility index (Phi) is 6.00. The highest BCUT2D eigenvalue weighted by atomic mass is 19.4. The molecule has 0 radical (unpaired) electrons. The standard InChI is InChI=1S/C18H17F3N2O4/c1-3-25-17(24)14-10(2)27-16(23)12(8-22)15(14)11-6-4-5-7-13(11)26-9-18(19,20)21/h4-7,15H,3,9,23H2,1-2H3. The van der Waals surface area contributed by atoms with Gasteiger partial charge in [-0.2, -0.15) is 18.4 Å². The minimum Gasteiger partial charge on any atom is -0.484 e. The first-order chi connectivity index (χ1) is 12.7.